The molecule has 0 spiro atoms. The molecule has 2 atom stereocenters. The molecular weight excluding hydrogens is 829 g/mol. The zero-order valence-electron chi connectivity index (χ0n) is 35.1. The van der Waals surface area contributed by atoms with Gasteiger partial charge in [0.2, 0.25) is 12.0 Å². The van der Waals surface area contributed by atoms with Gasteiger partial charge in [-0.2, -0.15) is 0 Å². The lowest BCUT2D eigenvalue weighted by Gasteiger charge is -2.34. The van der Waals surface area contributed by atoms with Crippen LogP contribution in [0.4, 0.5) is 4.39 Å². The molecule has 4 bridgehead atoms. The Kier molecular flexibility index (Phi) is 12.2. The lowest BCUT2D eigenvalue weighted by molar-refractivity contribution is -0.145. The number of ether oxygens (including phenoxy) is 3. The number of piperazine rings is 1. The minimum atomic E-state index is -1.36. The molecule has 3 aromatic carbocycles. The second kappa shape index (κ2) is 17.9. The number of nitrogens with zero attached hydrogens (tertiary/aromatic N) is 7. The van der Waals surface area contributed by atoms with Gasteiger partial charge in [-0.25, -0.2) is 29.1 Å². The van der Waals surface area contributed by atoms with Crippen molar-refractivity contribution >= 4 is 39.1 Å². The van der Waals surface area contributed by atoms with Crippen LogP contribution >= 0.6 is 22.9 Å². The zero-order chi connectivity index (χ0) is 43.0. The Labute approximate surface area is 369 Å². The Hall–Kier alpha value is -5.09. The molecule has 0 amide bonds. The summed E-state index contributed by atoms with van der Waals surface area (Å²) in [7, 11) is 2.16. The summed E-state index contributed by atoms with van der Waals surface area (Å²) in [6, 6.07) is 18.2. The van der Waals surface area contributed by atoms with Gasteiger partial charge in [-0.3, -0.25) is 9.80 Å². The van der Waals surface area contributed by atoms with Crippen molar-refractivity contribution in [1.29, 1.82) is 0 Å². The Bertz CT molecular complexity index is 2600. The van der Waals surface area contributed by atoms with Crippen LogP contribution in [0.1, 0.15) is 53.5 Å². The van der Waals surface area contributed by atoms with Gasteiger partial charge >= 0.3 is 5.97 Å². The minimum absolute atomic E-state index is 0.0187. The molecule has 10 rings (SSSR count). The van der Waals surface area contributed by atoms with Crippen molar-refractivity contribution < 1.29 is 28.5 Å². The lowest BCUT2D eigenvalue weighted by Crippen LogP contribution is -2.46. The maximum Gasteiger partial charge on any atom is 0.345 e. The predicted molar refractivity (Wildman–Crippen MR) is 237 cm³/mol. The molecule has 7 heterocycles. The maximum atomic E-state index is 14.2. The molecule has 12 nitrogen and oxygen atoms in total. The summed E-state index contributed by atoms with van der Waals surface area (Å²) in [5, 5.41) is 12.0. The summed E-state index contributed by atoms with van der Waals surface area (Å²) in [6.07, 6.45) is 3.51. The molecule has 62 heavy (non-hydrogen) atoms. The standard InChI is InChI=1S/C47H49ClFN7O5S/c1-29-36-11-8-32(41(29)48)26-56(21-20-55-18-16-54(3)17-19-55)25-30-5-12-37(59-27-35-13-15-50-46(53-35)47(2)14-4-22-60-47)33(23-30)24-38(45(57)58)61-43-40-39(36)42(62-44(40)52-28-51-43)31-6-9-34(49)10-7-31/h5-13,15,23,28,38H,4,14,16-22,24-27H2,1-3H3,(H,57,58)/t38-,47+/m1/s1. The van der Waals surface area contributed by atoms with Crippen LogP contribution in [-0.2, 0) is 41.2 Å². The predicted octanol–water partition coefficient (Wildman–Crippen LogP) is 8.16. The van der Waals surface area contributed by atoms with Crippen LogP contribution in [0.3, 0.4) is 0 Å². The van der Waals surface area contributed by atoms with Gasteiger partial charge in [-0.05, 0) is 91.4 Å². The van der Waals surface area contributed by atoms with E-state index in [2.05, 4.69) is 48.8 Å². The number of fused-ring (bicyclic) bond motifs is 6. The Morgan fingerprint density at radius 1 is 1.00 bits per heavy atom. The molecule has 3 aromatic heterocycles. The summed E-state index contributed by atoms with van der Waals surface area (Å²) in [5.41, 5.74) is 5.98. The summed E-state index contributed by atoms with van der Waals surface area (Å²) < 4.78 is 33.3. The summed E-state index contributed by atoms with van der Waals surface area (Å²) in [6.45, 7) is 11.7. The number of halogens is 2. The molecule has 4 aliphatic heterocycles. The van der Waals surface area contributed by atoms with E-state index >= 15 is 0 Å². The van der Waals surface area contributed by atoms with Crippen molar-refractivity contribution in [1.82, 2.24) is 34.6 Å². The van der Waals surface area contributed by atoms with Crippen LogP contribution in [0.15, 0.2) is 73.2 Å². The molecule has 0 radical (unpaired) electrons. The Morgan fingerprint density at radius 3 is 2.58 bits per heavy atom. The second-order valence-corrected chi connectivity index (χ2v) is 18.0. The van der Waals surface area contributed by atoms with Gasteiger partial charge in [0.1, 0.15) is 34.9 Å². The van der Waals surface area contributed by atoms with E-state index in [9.17, 15) is 14.3 Å². The van der Waals surface area contributed by atoms with E-state index < -0.39 is 17.7 Å². The summed E-state index contributed by atoms with van der Waals surface area (Å²) in [4.78, 5) is 40.5. The highest BCUT2D eigenvalue weighted by Crippen LogP contribution is 2.49. The third kappa shape index (κ3) is 8.90. The van der Waals surface area contributed by atoms with Gasteiger partial charge in [-0.15, -0.1) is 11.3 Å². The molecule has 0 saturated carbocycles. The first-order chi connectivity index (χ1) is 30.0. The number of carboxylic acid groups (broad SMARTS) is 1. The number of carbonyl (C=O) groups is 1. The zero-order valence-corrected chi connectivity index (χ0v) is 36.6. The highest BCUT2D eigenvalue weighted by atomic mass is 35.5. The van der Waals surface area contributed by atoms with E-state index in [1.165, 1.54) is 29.8 Å². The van der Waals surface area contributed by atoms with Crippen molar-refractivity contribution in [3.05, 3.63) is 118 Å². The van der Waals surface area contributed by atoms with Gasteiger partial charge in [0, 0.05) is 87.0 Å². The van der Waals surface area contributed by atoms with E-state index in [0.717, 1.165) is 90.4 Å². The van der Waals surface area contributed by atoms with Crippen LogP contribution < -0.4 is 9.47 Å². The van der Waals surface area contributed by atoms with Crippen LogP contribution in [0.5, 0.6) is 11.6 Å². The molecular formula is C47H49ClFN7O5S. The highest BCUT2D eigenvalue weighted by Gasteiger charge is 2.35. The van der Waals surface area contributed by atoms with Gasteiger partial charge < -0.3 is 24.2 Å². The van der Waals surface area contributed by atoms with Crippen molar-refractivity contribution in [2.24, 2.45) is 0 Å². The van der Waals surface area contributed by atoms with E-state index in [1.807, 2.05) is 38.1 Å². The van der Waals surface area contributed by atoms with Crippen molar-refractivity contribution in [2.75, 3.05) is 52.9 Å². The van der Waals surface area contributed by atoms with E-state index in [0.29, 0.717) is 57.8 Å². The molecule has 322 valence electrons. The van der Waals surface area contributed by atoms with Gasteiger partial charge in [0.25, 0.3) is 0 Å². The number of aromatic nitrogens is 4. The van der Waals surface area contributed by atoms with E-state index in [-0.39, 0.29) is 24.7 Å². The number of benzene rings is 3. The average Bonchev–Trinajstić information content (AvgIpc) is 3.90. The first-order valence-corrected chi connectivity index (χ1v) is 22.3. The number of rotatable bonds is 9. The monoisotopic (exact) mass is 877 g/mol. The van der Waals surface area contributed by atoms with E-state index in [1.54, 1.807) is 18.3 Å². The van der Waals surface area contributed by atoms with Gasteiger partial charge in [0.15, 0.2) is 5.82 Å². The third-order valence-electron chi connectivity index (χ3n) is 12.3. The first-order valence-electron chi connectivity index (χ1n) is 21.1. The Morgan fingerprint density at radius 2 is 1.81 bits per heavy atom. The normalized spacial score (nSPS) is 20.1. The number of aliphatic carboxylic acids is 1. The van der Waals surface area contributed by atoms with E-state index in [4.69, 9.17) is 30.8 Å². The smallest absolute Gasteiger partial charge is 0.345 e. The quantitative estimate of drug-likeness (QED) is 0.151. The van der Waals surface area contributed by atoms with Gasteiger partial charge in [-0.1, -0.05) is 48.0 Å². The number of likely N-dealkylation sites (N-methyl/N-ethyl adjacent to an activating group) is 1. The first kappa shape index (κ1) is 42.2. The average molecular weight is 878 g/mol. The lowest BCUT2D eigenvalue weighted by atomic mass is 9.94. The van der Waals surface area contributed by atoms with Gasteiger partial charge in [0.05, 0.1) is 11.1 Å². The number of thiophene rings is 1. The Balaban J connectivity index is 1.14. The summed E-state index contributed by atoms with van der Waals surface area (Å²) in [5.74, 6) is -0.250. The summed E-state index contributed by atoms with van der Waals surface area (Å²) >= 11 is 8.78. The fourth-order valence-corrected chi connectivity index (χ4v) is 10.0. The fourth-order valence-electron chi connectivity index (χ4n) is 8.64. The second-order valence-electron chi connectivity index (χ2n) is 16.7. The largest absolute Gasteiger partial charge is 0.487 e. The number of hydrogen-bond acceptors (Lipinski definition) is 12. The van der Waals surface area contributed by atoms with Crippen molar-refractivity contribution in [3.63, 3.8) is 0 Å². The molecule has 2 saturated heterocycles. The molecule has 15 heteroatoms. The van der Waals surface area contributed by atoms with Crippen LogP contribution in [0.25, 0.3) is 31.8 Å². The molecule has 6 aromatic rings. The number of hydrogen-bond donors (Lipinski definition) is 1. The molecule has 0 aliphatic carbocycles. The topological polar surface area (TPSA) is 126 Å². The molecule has 2 fully saturated rings. The number of carboxylic acids is 1. The highest BCUT2D eigenvalue weighted by molar-refractivity contribution is 7.22. The van der Waals surface area contributed by atoms with Crippen LogP contribution in [0.2, 0.25) is 5.02 Å². The van der Waals surface area contributed by atoms with Crippen molar-refractivity contribution in [3.8, 4) is 33.2 Å². The van der Waals surface area contributed by atoms with Crippen molar-refractivity contribution in [2.45, 2.75) is 64.5 Å². The molecule has 1 N–H and O–H groups in total. The maximum absolute atomic E-state index is 14.2. The van der Waals surface area contributed by atoms with Crippen LogP contribution in [-0.4, -0.2) is 105 Å². The minimum Gasteiger partial charge on any atom is -0.487 e. The third-order valence-corrected chi connectivity index (χ3v) is 13.9. The SMILES string of the molecule is Cc1c2ccc(c1Cl)CN(CCN1CCN(C)CC1)Cc1ccc(OCc3ccnc([C@]4(C)CCCO4)n3)c(c1)C[C@H](C(=O)O)Oc1ncnc3sc(-c4ccc(F)cc4)c-2c13. The fraction of sp³-hybridized carbons (Fsp3) is 0.383. The molecule has 0 unspecified atom stereocenters. The molecule has 4 aliphatic rings. The van der Waals surface area contributed by atoms with Crippen LogP contribution in [0, 0.1) is 12.7 Å².